The summed E-state index contributed by atoms with van der Waals surface area (Å²) < 4.78 is 0. The molecule has 0 aliphatic heterocycles. The van der Waals surface area contributed by atoms with Crippen molar-refractivity contribution in [2.75, 3.05) is 0 Å². The zero-order valence-corrected chi connectivity index (χ0v) is 19.4. The van der Waals surface area contributed by atoms with Gasteiger partial charge in [0.1, 0.15) is 11.6 Å². The molecule has 0 radical (unpaired) electrons. The number of ketones is 2. The lowest BCUT2D eigenvalue weighted by molar-refractivity contribution is -0.140. The van der Waals surface area contributed by atoms with Crippen LogP contribution >= 0.6 is 0 Å². The Hall–Kier alpha value is -0.920. The largest absolute Gasteiger partial charge is 0.300 e. The first kappa shape index (κ1) is 21.3. The van der Waals surface area contributed by atoms with E-state index in [2.05, 4.69) is 40.7 Å². The van der Waals surface area contributed by atoms with E-state index in [4.69, 9.17) is 0 Å². The third-order valence-electron chi connectivity index (χ3n) is 9.80. The molecule has 0 N–H and O–H groups in total. The summed E-state index contributed by atoms with van der Waals surface area (Å²) >= 11 is 0. The highest BCUT2D eigenvalue weighted by Crippen LogP contribution is 2.65. The van der Waals surface area contributed by atoms with Gasteiger partial charge in [-0.3, -0.25) is 9.59 Å². The molecule has 0 saturated heterocycles. The van der Waals surface area contributed by atoms with Gasteiger partial charge in [-0.15, -0.1) is 0 Å². The Morgan fingerprint density at radius 1 is 1.07 bits per heavy atom. The molecule has 0 bridgehead atoms. The van der Waals surface area contributed by atoms with E-state index >= 15 is 0 Å². The zero-order chi connectivity index (χ0) is 21.0. The van der Waals surface area contributed by atoms with Crippen molar-refractivity contribution in [1.29, 1.82) is 0 Å². The van der Waals surface area contributed by atoms with Crippen LogP contribution < -0.4 is 0 Å². The SMILES string of the molecule is CC(C)CCC[C@@H](C)[C@H]1CC[C@H]2C3=CC[C@H]4CC(=O)CC[C@]4(C)[C@H]3C(=O)C[C@]12C. The zero-order valence-electron chi connectivity index (χ0n) is 19.4. The van der Waals surface area contributed by atoms with Gasteiger partial charge in [0.25, 0.3) is 0 Å². The Labute approximate surface area is 178 Å². The highest BCUT2D eigenvalue weighted by atomic mass is 16.1. The monoisotopic (exact) mass is 398 g/mol. The minimum Gasteiger partial charge on any atom is -0.300 e. The van der Waals surface area contributed by atoms with Crippen LogP contribution in [0.2, 0.25) is 0 Å². The van der Waals surface area contributed by atoms with Crippen LogP contribution in [0.4, 0.5) is 0 Å². The average Bonchev–Trinajstić information content (AvgIpc) is 2.98. The fourth-order valence-corrected chi connectivity index (χ4v) is 8.16. The van der Waals surface area contributed by atoms with Gasteiger partial charge in [0, 0.05) is 25.2 Å². The van der Waals surface area contributed by atoms with Gasteiger partial charge < -0.3 is 0 Å². The maximum absolute atomic E-state index is 13.7. The van der Waals surface area contributed by atoms with Gasteiger partial charge in [0.05, 0.1) is 0 Å². The molecule has 0 amide bonds. The number of allylic oxidation sites excluding steroid dienone is 2. The third-order valence-corrected chi connectivity index (χ3v) is 9.80. The predicted molar refractivity (Wildman–Crippen MR) is 118 cm³/mol. The number of carbonyl (C=O) groups excluding carboxylic acids is 2. The van der Waals surface area contributed by atoms with E-state index in [1.54, 1.807) is 0 Å². The van der Waals surface area contributed by atoms with Crippen molar-refractivity contribution in [2.24, 2.45) is 46.3 Å². The van der Waals surface area contributed by atoms with Gasteiger partial charge in [-0.25, -0.2) is 0 Å². The molecule has 0 aromatic carbocycles. The summed E-state index contributed by atoms with van der Waals surface area (Å²) in [6.07, 6.45) is 13.0. The van der Waals surface area contributed by atoms with Crippen molar-refractivity contribution < 1.29 is 9.59 Å². The molecule has 29 heavy (non-hydrogen) atoms. The highest BCUT2D eigenvalue weighted by Gasteiger charge is 2.61. The molecule has 3 fully saturated rings. The Kier molecular flexibility index (Phi) is 5.62. The lowest BCUT2D eigenvalue weighted by Gasteiger charge is -2.56. The Morgan fingerprint density at radius 2 is 1.83 bits per heavy atom. The van der Waals surface area contributed by atoms with E-state index in [1.165, 1.54) is 37.7 Å². The molecular weight excluding hydrogens is 356 g/mol. The summed E-state index contributed by atoms with van der Waals surface area (Å²) in [7, 11) is 0. The number of hydrogen-bond acceptors (Lipinski definition) is 2. The lowest BCUT2D eigenvalue weighted by Crippen LogP contribution is -2.53. The lowest BCUT2D eigenvalue weighted by atomic mass is 9.47. The maximum atomic E-state index is 13.7. The van der Waals surface area contributed by atoms with Gasteiger partial charge in [0.2, 0.25) is 0 Å². The second-order valence-corrected chi connectivity index (χ2v) is 12.0. The summed E-state index contributed by atoms with van der Waals surface area (Å²) in [4.78, 5) is 25.7. The Morgan fingerprint density at radius 3 is 2.55 bits per heavy atom. The van der Waals surface area contributed by atoms with Gasteiger partial charge in [-0.05, 0) is 66.1 Å². The van der Waals surface area contributed by atoms with Crippen LogP contribution in [-0.4, -0.2) is 11.6 Å². The number of rotatable bonds is 5. The predicted octanol–water partition coefficient (Wildman–Crippen LogP) is 6.78. The molecule has 7 atom stereocenters. The van der Waals surface area contributed by atoms with Crippen molar-refractivity contribution in [2.45, 2.75) is 98.8 Å². The van der Waals surface area contributed by atoms with Crippen LogP contribution in [0.5, 0.6) is 0 Å². The molecule has 0 aromatic heterocycles. The fraction of sp³-hybridized carbons (Fsp3) is 0.852. The number of fused-ring (bicyclic) bond motifs is 5. The fourth-order valence-electron chi connectivity index (χ4n) is 8.16. The normalized spacial score (nSPS) is 42.9. The summed E-state index contributed by atoms with van der Waals surface area (Å²) in [6.45, 7) is 11.9. The van der Waals surface area contributed by atoms with E-state index in [0.717, 1.165) is 25.2 Å². The summed E-state index contributed by atoms with van der Waals surface area (Å²) in [5.41, 5.74) is 1.68. The van der Waals surface area contributed by atoms with Gasteiger partial charge in [-0.2, -0.15) is 0 Å². The molecule has 162 valence electrons. The van der Waals surface area contributed by atoms with Crippen LogP contribution in [0, 0.1) is 46.3 Å². The summed E-state index contributed by atoms with van der Waals surface area (Å²) in [6, 6.07) is 0. The minimum absolute atomic E-state index is 0.0252. The number of hydrogen-bond donors (Lipinski definition) is 0. The first-order chi connectivity index (χ1) is 13.7. The van der Waals surface area contributed by atoms with Crippen molar-refractivity contribution in [3.8, 4) is 0 Å². The molecule has 4 aliphatic rings. The van der Waals surface area contributed by atoms with Gasteiger partial charge in [-0.1, -0.05) is 65.5 Å². The minimum atomic E-state index is 0.0252. The van der Waals surface area contributed by atoms with Crippen molar-refractivity contribution >= 4 is 11.6 Å². The highest BCUT2D eigenvalue weighted by molar-refractivity contribution is 5.88. The second kappa shape index (κ2) is 7.65. The molecule has 3 saturated carbocycles. The quantitative estimate of drug-likeness (QED) is 0.479. The standard InChI is InChI=1S/C27H42O2/c1-17(2)7-6-8-18(3)22-11-12-23-21-10-9-19-15-20(28)13-14-26(19,4)25(21)24(29)16-27(22,23)5/h10,17-19,22-23,25H,6-9,11-16H2,1-5H3/t18-,19+,22-,23+,25-,26+,27-/m1/s1. The Bertz CT molecular complexity index is 703. The van der Waals surface area contributed by atoms with Crippen LogP contribution in [0.1, 0.15) is 98.8 Å². The average molecular weight is 399 g/mol. The van der Waals surface area contributed by atoms with Crippen molar-refractivity contribution in [3.63, 3.8) is 0 Å². The van der Waals surface area contributed by atoms with E-state index in [9.17, 15) is 9.59 Å². The molecule has 0 spiro atoms. The molecule has 2 nitrogen and oxygen atoms in total. The van der Waals surface area contributed by atoms with Crippen molar-refractivity contribution in [3.05, 3.63) is 11.6 Å². The van der Waals surface area contributed by atoms with Crippen LogP contribution in [0.25, 0.3) is 0 Å². The first-order valence-corrected chi connectivity index (χ1v) is 12.4. The van der Waals surface area contributed by atoms with Crippen LogP contribution in [0.3, 0.4) is 0 Å². The van der Waals surface area contributed by atoms with E-state index < -0.39 is 0 Å². The smallest absolute Gasteiger partial charge is 0.141 e. The molecule has 4 aliphatic carbocycles. The first-order valence-electron chi connectivity index (χ1n) is 12.4. The summed E-state index contributed by atoms with van der Waals surface area (Å²) in [5, 5.41) is 0. The Balaban J connectivity index is 1.57. The van der Waals surface area contributed by atoms with Crippen LogP contribution in [-0.2, 0) is 9.59 Å². The molecule has 0 heterocycles. The van der Waals surface area contributed by atoms with Crippen LogP contribution in [0.15, 0.2) is 11.6 Å². The maximum Gasteiger partial charge on any atom is 0.141 e. The van der Waals surface area contributed by atoms with Gasteiger partial charge >= 0.3 is 0 Å². The third kappa shape index (κ3) is 3.47. The molecular formula is C27H42O2. The van der Waals surface area contributed by atoms with E-state index in [0.29, 0.717) is 48.1 Å². The second-order valence-electron chi connectivity index (χ2n) is 12.0. The molecule has 0 unspecified atom stereocenters. The number of Topliss-reactive ketones (excluding diaryl/α,β-unsaturated/α-hetero) is 2. The van der Waals surface area contributed by atoms with Crippen molar-refractivity contribution in [1.82, 2.24) is 0 Å². The molecule has 0 aromatic rings. The molecule has 4 rings (SSSR count). The summed E-state index contributed by atoms with van der Waals surface area (Å²) in [5.74, 6) is 4.18. The van der Waals surface area contributed by atoms with E-state index in [-0.39, 0.29) is 16.7 Å². The molecule has 2 heteroatoms. The van der Waals surface area contributed by atoms with Gasteiger partial charge in [0.15, 0.2) is 0 Å². The van der Waals surface area contributed by atoms with E-state index in [1.807, 2.05) is 0 Å². The topological polar surface area (TPSA) is 34.1 Å². The number of carbonyl (C=O) groups is 2.